The molecule has 1 heterocycles. The van der Waals surface area contributed by atoms with E-state index in [0.717, 1.165) is 0 Å². The Balaban J connectivity index is 2.80. The van der Waals surface area contributed by atoms with Gasteiger partial charge in [0.2, 0.25) is 0 Å². The highest BCUT2D eigenvalue weighted by molar-refractivity contribution is 5.46. The molecule has 1 rings (SSSR count). The van der Waals surface area contributed by atoms with Gasteiger partial charge >= 0.3 is 0 Å². The predicted molar refractivity (Wildman–Crippen MR) is 62.1 cm³/mol. The summed E-state index contributed by atoms with van der Waals surface area (Å²) in [6.07, 6.45) is 0. The first-order chi connectivity index (χ1) is 7.67. The van der Waals surface area contributed by atoms with Crippen LogP contribution in [0.1, 0.15) is 12.7 Å². The molecule has 0 fully saturated rings. The van der Waals surface area contributed by atoms with Crippen molar-refractivity contribution in [2.75, 3.05) is 37.4 Å². The molecule has 1 aromatic heterocycles. The van der Waals surface area contributed by atoms with Crippen LogP contribution in [0.2, 0.25) is 0 Å². The smallest absolute Gasteiger partial charge is 0.158 e. The number of aromatic nitrogens is 2. The summed E-state index contributed by atoms with van der Waals surface area (Å²) in [7, 11) is 1.84. The summed E-state index contributed by atoms with van der Waals surface area (Å²) in [5, 5.41) is 8.84. The molecule has 1 aromatic rings. The van der Waals surface area contributed by atoms with Gasteiger partial charge in [0, 0.05) is 26.3 Å². The van der Waals surface area contributed by atoms with E-state index in [1.54, 1.807) is 6.07 Å². The molecule has 0 spiro atoms. The van der Waals surface area contributed by atoms with E-state index < -0.39 is 0 Å². The van der Waals surface area contributed by atoms with Gasteiger partial charge in [0.1, 0.15) is 18.2 Å². The number of ether oxygens (including phenoxy) is 1. The second kappa shape index (κ2) is 6.24. The Hall–Kier alpha value is -1.40. The normalized spacial score (nSPS) is 10.4. The van der Waals surface area contributed by atoms with Gasteiger partial charge in [-0.2, -0.15) is 0 Å². The Kier molecular flexibility index (Phi) is 4.94. The maximum Gasteiger partial charge on any atom is 0.158 e. The number of nitrogens with zero attached hydrogens (tertiary/aromatic N) is 3. The van der Waals surface area contributed by atoms with Crippen LogP contribution in [0.5, 0.6) is 0 Å². The minimum absolute atomic E-state index is 0.0706. The molecule has 6 heteroatoms. The number of hydrogen-bond acceptors (Lipinski definition) is 6. The molecule has 90 valence electrons. The van der Waals surface area contributed by atoms with Crippen molar-refractivity contribution in [2.24, 2.45) is 0 Å². The lowest BCUT2D eigenvalue weighted by Crippen LogP contribution is -2.23. The fourth-order valence-corrected chi connectivity index (χ4v) is 1.22. The lowest BCUT2D eigenvalue weighted by Gasteiger charge is -2.17. The molecule has 0 amide bonds. The van der Waals surface area contributed by atoms with Gasteiger partial charge in [0.05, 0.1) is 6.61 Å². The largest absolute Gasteiger partial charge is 0.395 e. The van der Waals surface area contributed by atoms with Crippen molar-refractivity contribution in [1.29, 1.82) is 0 Å². The second-order valence-corrected chi connectivity index (χ2v) is 3.35. The van der Waals surface area contributed by atoms with Gasteiger partial charge in [-0.3, -0.25) is 0 Å². The molecule has 0 aromatic carbocycles. The van der Waals surface area contributed by atoms with Crippen molar-refractivity contribution >= 4 is 11.6 Å². The Morgan fingerprint density at radius 2 is 2.25 bits per heavy atom. The highest BCUT2D eigenvalue weighted by Gasteiger charge is 2.06. The van der Waals surface area contributed by atoms with Crippen molar-refractivity contribution in [1.82, 2.24) is 9.97 Å². The fraction of sp³-hybridized carbons (Fsp3) is 0.600. The number of nitrogens with two attached hydrogens (primary N) is 1. The van der Waals surface area contributed by atoms with E-state index in [1.165, 1.54) is 0 Å². The van der Waals surface area contributed by atoms with Crippen LogP contribution in [0.25, 0.3) is 0 Å². The van der Waals surface area contributed by atoms with Crippen molar-refractivity contribution in [3.8, 4) is 0 Å². The third kappa shape index (κ3) is 3.63. The van der Waals surface area contributed by atoms with E-state index in [-0.39, 0.29) is 6.61 Å². The third-order valence-corrected chi connectivity index (χ3v) is 2.04. The Bertz CT molecular complexity index is 333. The zero-order chi connectivity index (χ0) is 12.0. The summed E-state index contributed by atoms with van der Waals surface area (Å²) in [5.41, 5.74) is 5.67. The zero-order valence-corrected chi connectivity index (χ0v) is 9.68. The van der Waals surface area contributed by atoms with Crippen LogP contribution in [0.4, 0.5) is 11.6 Å². The van der Waals surface area contributed by atoms with Crippen LogP contribution < -0.4 is 10.6 Å². The van der Waals surface area contributed by atoms with Crippen LogP contribution >= 0.6 is 0 Å². The van der Waals surface area contributed by atoms with Crippen LogP contribution in [-0.2, 0) is 11.3 Å². The maximum absolute atomic E-state index is 8.84. The Labute approximate surface area is 95.1 Å². The van der Waals surface area contributed by atoms with Gasteiger partial charge in [0.15, 0.2) is 5.82 Å². The summed E-state index contributed by atoms with van der Waals surface area (Å²) >= 11 is 0. The number of nitrogen functional groups attached to an aromatic ring is 1. The van der Waals surface area contributed by atoms with E-state index in [1.807, 2.05) is 18.9 Å². The number of likely N-dealkylation sites (N-methyl/N-ethyl adjacent to an activating group) is 1. The highest BCUT2D eigenvalue weighted by atomic mass is 16.5. The van der Waals surface area contributed by atoms with E-state index in [9.17, 15) is 0 Å². The maximum atomic E-state index is 8.84. The number of aliphatic hydroxyl groups excluding tert-OH is 1. The summed E-state index contributed by atoms with van der Waals surface area (Å²) < 4.78 is 5.22. The number of anilines is 2. The lowest BCUT2D eigenvalue weighted by molar-refractivity contribution is 0.128. The molecule has 0 aliphatic rings. The first-order valence-electron chi connectivity index (χ1n) is 5.20. The topological polar surface area (TPSA) is 84.5 Å². The molecule has 16 heavy (non-hydrogen) atoms. The molecule has 0 saturated heterocycles. The van der Waals surface area contributed by atoms with Crippen molar-refractivity contribution in [3.63, 3.8) is 0 Å². The Morgan fingerprint density at radius 3 is 2.88 bits per heavy atom. The van der Waals surface area contributed by atoms with Crippen LogP contribution in [0.3, 0.4) is 0 Å². The lowest BCUT2D eigenvalue weighted by atomic mass is 10.4. The van der Waals surface area contributed by atoms with E-state index in [2.05, 4.69) is 9.97 Å². The molecule has 0 atom stereocenters. The Morgan fingerprint density at radius 1 is 1.50 bits per heavy atom. The molecule has 0 aliphatic carbocycles. The average Bonchev–Trinajstić information content (AvgIpc) is 2.26. The van der Waals surface area contributed by atoms with Gasteiger partial charge < -0.3 is 20.5 Å². The minimum atomic E-state index is 0.0706. The summed E-state index contributed by atoms with van der Waals surface area (Å²) in [6.45, 7) is 3.44. The molecule has 0 unspecified atom stereocenters. The van der Waals surface area contributed by atoms with Gasteiger partial charge in [-0.15, -0.1) is 0 Å². The van der Waals surface area contributed by atoms with Gasteiger partial charge in [0.25, 0.3) is 0 Å². The monoisotopic (exact) mass is 226 g/mol. The summed E-state index contributed by atoms with van der Waals surface area (Å²) in [5.74, 6) is 1.65. The molecule has 3 N–H and O–H groups in total. The van der Waals surface area contributed by atoms with Gasteiger partial charge in [-0.05, 0) is 6.92 Å². The molecular weight excluding hydrogens is 208 g/mol. The minimum Gasteiger partial charge on any atom is -0.395 e. The predicted octanol–water partition coefficient (Wildman–Crippen LogP) is 0.0238. The fourth-order valence-electron chi connectivity index (χ4n) is 1.22. The molecule has 0 aliphatic heterocycles. The van der Waals surface area contributed by atoms with Gasteiger partial charge in [-0.25, -0.2) is 9.97 Å². The van der Waals surface area contributed by atoms with Crippen LogP contribution in [-0.4, -0.2) is 41.9 Å². The van der Waals surface area contributed by atoms with E-state index >= 15 is 0 Å². The average molecular weight is 226 g/mol. The van der Waals surface area contributed by atoms with E-state index in [0.29, 0.717) is 37.2 Å². The molecule has 6 nitrogen and oxygen atoms in total. The first-order valence-corrected chi connectivity index (χ1v) is 5.20. The number of rotatable bonds is 6. The number of hydrogen-bond donors (Lipinski definition) is 2. The quantitative estimate of drug-likeness (QED) is 0.711. The SMILES string of the molecule is CCOCc1nc(N)cc(N(C)CCO)n1. The summed E-state index contributed by atoms with van der Waals surface area (Å²) in [6, 6.07) is 1.67. The van der Waals surface area contributed by atoms with Crippen molar-refractivity contribution < 1.29 is 9.84 Å². The van der Waals surface area contributed by atoms with Crippen molar-refractivity contribution in [3.05, 3.63) is 11.9 Å². The molecular formula is C10H18N4O2. The second-order valence-electron chi connectivity index (χ2n) is 3.35. The number of aliphatic hydroxyl groups is 1. The molecule has 0 saturated carbocycles. The highest BCUT2D eigenvalue weighted by Crippen LogP contribution is 2.12. The molecule has 0 radical (unpaired) electrons. The standard InChI is InChI=1S/C10H18N4O2/c1-3-16-7-9-12-8(11)6-10(13-9)14(2)4-5-15/h6,15H,3-5,7H2,1-2H3,(H2,11,12,13). The van der Waals surface area contributed by atoms with Crippen LogP contribution in [0.15, 0.2) is 6.07 Å². The molecule has 0 bridgehead atoms. The van der Waals surface area contributed by atoms with Crippen LogP contribution in [0, 0.1) is 0 Å². The van der Waals surface area contributed by atoms with Gasteiger partial charge in [-0.1, -0.05) is 0 Å². The van der Waals surface area contributed by atoms with E-state index in [4.69, 9.17) is 15.6 Å². The first kappa shape index (κ1) is 12.7. The third-order valence-electron chi connectivity index (χ3n) is 2.04. The summed E-state index contributed by atoms with van der Waals surface area (Å²) in [4.78, 5) is 10.2. The zero-order valence-electron chi connectivity index (χ0n) is 9.68. The van der Waals surface area contributed by atoms with Crippen molar-refractivity contribution in [2.45, 2.75) is 13.5 Å².